The fraction of sp³-hybridized carbons (Fsp3) is 0.350. The molecule has 31 heavy (non-hydrogen) atoms. The molecule has 1 amide bonds. The number of benzene rings is 1. The van der Waals surface area contributed by atoms with Gasteiger partial charge in [0.2, 0.25) is 10.3 Å². The second-order valence-electron chi connectivity index (χ2n) is 7.18. The Balaban J connectivity index is 1.33. The summed E-state index contributed by atoms with van der Waals surface area (Å²) in [5, 5.41) is 23.5. The van der Waals surface area contributed by atoms with Crippen LogP contribution in [0.2, 0.25) is 0 Å². The van der Waals surface area contributed by atoms with Crippen molar-refractivity contribution in [2.45, 2.75) is 25.5 Å². The highest BCUT2D eigenvalue weighted by molar-refractivity contribution is 7.19. The lowest BCUT2D eigenvalue weighted by atomic mass is 10.1. The van der Waals surface area contributed by atoms with Crippen molar-refractivity contribution in [2.75, 3.05) is 35.7 Å². The molecule has 0 radical (unpaired) electrons. The molecule has 162 valence electrons. The molecule has 0 unspecified atom stereocenters. The second kappa shape index (κ2) is 9.31. The predicted octanol–water partition coefficient (Wildman–Crippen LogP) is 2.79. The molecule has 1 fully saturated rings. The zero-order chi connectivity index (χ0) is 21.8. The van der Waals surface area contributed by atoms with Crippen molar-refractivity contribution >= 4 is 33.3 Å². The lowest BCUT2D eigenvalue weighted by molar-refractivity contribution is -0.126. The average Bonchev–Trinajstić information content (AvgIpc) is 3.40. The largest absolute Gasteiger partial charge is 0.367 e. The lowest BCUT2D eigenvalue weighted by Crippen LogP contribution is -2.26. The third-order valence-electron chi connectivity index (χ3n) is 4.93. The van der Waals surface area contributed by atoms with Crippen LogP contribution in [0, 0.1) is 12.7 Å². The van der Waals surface area contributed by atoms with Gasteiger partial charge < -0.3 is 15.0 Å². The third kappa shape index (κ3) is 5.12. The van der Waals surface area contributed by atoms with Crippen LogP contribution in [0.3, 0.4) is 0 Å². The van der Waals surface area contributed by atoms with E-state index in [0.29, 0.717) is 15.8 Å². The number of hydrogen-bond acceptors (Lipinski definition) is 9. The number of amides is 1. The number of anilines is 3. The Bertz CT molecular complexity index is 1030. The van der Waals surface area contributed by atoms with Crippen molar-refractivity contribution in [2.24, 2.45) is 0 Å². The minimum atomic E-state index is -0.875. The van der Waals surface area contributed by atoms with Gasteiger partial charge >= 0.3 is 0 Å². The Morgan fingerprint density at radius 2 is 1.94 bits per heavy atom. The third-order valence-corrected chi connectivity index (χ3v) is 5.70. The first kappa shape index (κ1) is 21.1. The van der Waals surface area contributed by atoms with Crippen LogP contribution >= 0.6 is 11.3 Å². The van der Waals surface area contributed by atoms with Gasteiger partial charge in [0.25, 0.3) is 5.91 Å². The van der Waals surface area contributed by atoms with E-state index >= 15 is 0 Å². The highest BCUT2D eigenvalue weighted by Crippen LogP contribution is 2.26. The standard InChI is InChI=1S/C20H22FN7O2S/c1-12-3-8-16(25-24-12)28-10-9-15(11-28)22-19-26-27-20(31-19)23-18(29)17(30-2)13-4-6-14(21)7-5-13/h3-8,15,17H,9-11H2,1-2H3,(H,22,26)(H,23,27,29)/t15-,17+/m1/s1. The molecule has 3 aromatic rings. The Hall–Kier alpha value is -3.18. The van der Waals surface area contributed by atoms with Gasteiger partial charge in [-0.3, -0.25) is 10.1 Å². The van der Waals surface area contributed by atoms with E-state index in [9.17, 15) is 9.18 Å². The van der Waals surface area contributed by atoms with E-state index in [1.54, 1.807) is 0 Å². The number of halogens is 1. The zero-order valence-electron chi connectivity index (χ0n) is 17.1. The van der Waals surface area contributed by atoms with Crippen molar-refractivity contribution < 1.29 is 13.9 Å². The Labute approximate surface area is 182 Å². The summed E-state index contributed by atoms with van der Waals surface area (Å²) in [5.74, 6) is 0.0760. The monoisotopic (exact) mass is 443 g/mol. The van der Waals surface area contributed by atoms with Crippen LogP contribution in [0.1, 0.15) is 23.8 Å². The van der Waals surface area contributed by atoms with E-state index in [4.69, 9.17) is 4.74 Å². The van der Waals surface area contributed by atoms with E-state index < -0.39 is 12.0 Å². The molecule has 3 heterocycles. The quantitative estimate of drug-likeness (QED) is 0.574. The van der Waals surface area contributed by atoms with E-state index in [1.165, 1.54) is 42.7 Å². The highest BCUT2D eigenvalue weighted by Gasteiger charge is 2.25. The SMILES string of the molecule is CO[C@H](C(=O)Nc1nnc(N[C@@H]2CCN(c3ccc(C)nn3)C2)s1)c1ccc(F)cc1. The molecule has 1 saturated heterocycles. The second-order valence-corrected chi connectivity index (χ2v) is 8.16. The van der Waals surface area contributed by atoms with Gasteiger partial charge in [0.1, 0.15) is 5.82 Å². The van der Waals surface area contributed by atoms with Gasteiger partial charge in [-0.25, -0.2) is 4.39 Å². The Kier molecular flexibility index (Phi) is 6.33. The van der Waals surface area contributed by atoms with Crippen LogP contribution in [0.15, 0.2) is 36.4 Å². The summed E-state index contributed by atoms with van der Waals surface area (Å²) in [5.41, 5.74) is 1.44. The number of aryl methyl sites for hydroxylation is 1. The predicted molar refractivity (Wildman–Crippen MR) is 116 cm³/mol. The maximum Gasteiger partial charge on any atom is 0.259 e. The molecular formula is C20H22FN7O2S. The van der Waals surface area contributed by atoms with E-state index in [1.807, 2.05) is 19.1 Å². The van der Waals surface area contributed by atoms with Crippen LogP contribution in [0.25, 0.3) is 0 Å². The first-order chi connectivity index (χ1) is 15.0. The fourth-order valence-electron chi connectivity index (χ4n) is 3.36. The maximum atomic E-state index is 13.1. The van der Waals surface area contributed by atoms with Gasteiger partial charge in [-0.15, -0.1) is 15.3 Å². The van der Waals surface area contributed by atoms with Gasteiger partial charge in [0.05, 0.1) is 5.69 Å². The van der Waals surface area contributed by atoms with Crippen molar-refractivity contribution in [3.05, 3.63) is 53.5 Å². The molecule has 0 bridgehead atoms. The molecule has 0 aliphatic carbocycles. The molecule has 1 aliphatic rings. The number of nitrogens with one attached hydrogen (secondary N) is 2. The van der Waals surface area contributed by atoms with Crippen LogP contribution < -0.4 is 15.5 Å². The number of hydrogen-bond donors (Lipinski definition) is 2. The smallest absolute Gasteiger partial charge is 0.259 e. The van der Waals surface area contributed by atoms with Crippen molar-refractivity contribution in [1.82, 2.24) is 20.4 Å². The van der Waals surface area contributed by atoms with Gasteiger partial charge in [-0.1, -0.05) is 23.5 Å². The first-order valence-electron chi connectivity index (χ1n) is 9.76. The molecule has 1 aliphatic heterocycles. The molecule has 0 saturated carbocycles. The van der Waals surface area contributed by atoms with Crippen LogP contribution in [0.5, 0.6) is 0 Å². The van der Waals surface area contributed by atoms with E-state index in [-0.39, 0.29) is 11.9 Å². The minimum absolute atomic E-state index is 0.186. The summed E-state index contributed by atoms with van der Waals surface area (Å²) in [6.45, 7) is 3.55. The minimum Gasteiger partial charge on any atom is -0.367 e. The summed E-state index contributed by atoms with van der Waals surface area (Å²) in [6.07, 6.45) is 0.0487. The van der Waals surface area contributed by atoms with Gasteiger partial charge in [-0.05, 0) is 43.2 Å². The Morgan fingerprint density at radius 3 is 2.65 bits per heavy atom. The summed E-state index contributed by atoms with van der Waals surface area (Å²) >= 11 is 1.25. The van der Waals surface area contributed by atoms with E-state index in [2.05, 4.69) is 35.9 Å². The molecule has 4 rings (SSSR count). The maximum absolute atomic E-state index is 13.1. The fourth-order valence-corrected chi connectivity index (χ4v) is 4.08. The molecule has 2 N–H and O–H groups in total. The van der Waals surface area contributed by atoms with Crippen LogP contribution in [-0.2, 0) is 9.53 Å². The molecule has 2 atom stereocenters. The average molecular weight is 444 g/mol. The molecular weight excluding hydrogens is 421 g/mol. The normalized spacial score (nSPS) is 16.9. The Morgan fingerprint density at radius 1 is 1.16 bits per heavy atom. The van der Waals surface area contributed by atoms with Gasteiger partial charge in [0, 0.05) is 26.2 Å². The number of rotatable bonds is 7. The number of methoxy groups -OCH3 is 1. The molecule has 11 heteroatoms. The lowest BCUT2D eigenvalue weighted by Gasteiger charge is -2.17. The van der Waals surface area contributed by atoms with Crippen molar-refractivity contribution in [1.29, 1.82) is 0 Å². The summed E-state index contributed by atoms with van der Waals surface area (Å²) in [4.78, 5) is 14.7. The number of aromatic nitrogens is 4. The van der Waals surface area contributed by atoms with Gasteiger partial charge in [-0.2, -0.15) is 5.10 Å². The van der Waals surface area contributed by atoms with Crippen molar-refractivity contribution in [3.63, 3.8) is 0 Å². The van der Waals surface area contributed by atoms with Crippen molar-refractivity contribution in [3.8, 4) is 0 Å². The number of nitrogens with zero attached hydrogens (tertiary/aromatic N) is 5. The molecule has 9 nitrogen and oxygen atoms in total. The molecule has 1 aromatic carbocycles. The number of carbonyl (C=O) groups excluding carboxylic acids is 1. The summed E-state index contributed by atoms with van der Waals surface area (Å²) < 4.78 is 18.4. The molecule has 2 aromatic heterocycles. The topological polar surface area (TPSA) is 105 Å². The number of carbonyl (C=O) groups is 1. The zero-order valence-corrected chi connectivity index (χ0v) is 17.9. The van der Waals surface area contributed by atoms with Crippen LogP contribution in [0.4, 0.5) is 20.5 Å². The first-order valence-corrected chi connectivity index (χ1v) is 10.6. The summed E-state index contributed by atoms with van der Waals surface area (Å²) in [7, 11) is 1.42. The molecule has 0 spiro atoms. The van der Waals surface area contributed by atoms with E-state index in [0.717, 1.165) is 31.0 Å². The number of ether oxygens (including phenoxy) is 1. The van der Waals surface area contributed by atoms with Crippen LogP contribution in [-0.4, -0.2) is 52.5 Å². The highest BCUT2D eigenvalue weighted by atomic mass is 32.1. The summed E-state index contributed by atoms with van der Waals surface area (Å²) in [6, 6.07) is 9.70. The van der Waals surface area contributed by atoms with Gasteiger partial charge in [0.15, 0.2) is 11.9 Å².